The predicted octanol–water partition coefficient (Wildman–Crippen LogP) is 2.88. The molecule has 0 aliphatic rings. The van der Waals surface area contributed by atoms with Crippen molar-refractivity contribution in [2.24, 2.45) is 0 Å². The van der Waals surface area contributed by atoms with E-state index in [-0.39, 0.29) is 0 Å². The van der Waals surface area contributed by atoms with Crippen molar-refractivity contribution in [2.45, 2.75) is 39.9 Å². The molecule has 3 aromatic rings. The minimum atomic E-state index is 0.478. The van der Waals surface area contributed by atoms with Gasteiger partial charge in [0.15, 0.2) is 0 Å². The van der Waals surface area contributed by atoms with Crippen LogP contribution in [0.1, 0.15) is 30.8 Å². The second kappa shape index (κ2) is 5.69. The van der Waals surface area contributed by atoms with E-state index in [1.165, 1.54) is 16.5 Å². The van der Waals surface area contributed by atoms with Gasteiger partial charge in [-0.25, -0.2) is 4.63 Å². The van der Waals surface area contributed by atoms with Gasteiger partial charge in [-0.15, -0.1) is 0 Å². The Morgan fingerprint density at radius 2 is 2.10 bits per heavy atom. The minimum absolute atomic E-state index is 0.478. The third-order valence-electron chi connectivity index (χ3n) is 3.67. The maximum Gasteiger partial charge on any atom is 0.127 e. The summed E-state index contributed by atoms with van der Waals surface area (Å²) >= 11 is 0. The Morgan fingerprint density at radius 1 is 1.24 bits per heavy atom. The van der Waals surface area contributed by atoms with Crippen molar-refractivity contribution in [3.05, 3.63) is 47.4 Å². The zero-order chi connectivity index (χ0) is 14.8. The normalized spacial score (nSPS) is 11.6. The summed E-state index contributed by atoms with van der Waals surface area (Å²) in [6.45, 7) is 7.79. The van der Waals surface area contributed by atoms with Gasteiger partial charge in [0.25, 0.3) is 0 Å². The number of benzene rings is 1. The lowest BCUT2D eigenvalue weighted by Crippen LogP contribution is -2.21. The number of aromatic nitrogens is 3. The Kier molecular flexibility index (Phi) is 3.75. The van der Waals surface area contributed by atoms with Crippen molar-refractivity contribution in [3.63, 3.8) is 0 Å². The van der Waals surface area contributed by atoms with Gasteiger partial charge in [0, 0.05) is 29.7 Å². The summed E-state index contributed by atoms with van der Waals surface area (Å²) in [7, 11) is 0. The fourth-order valence-corrected chi connectivity index (χ4v) is 2.45. The first kappa shape index (κ1) is 13.8. The summed E-state index contributed by atoms with van der Waals surface area (Å²) in [5, 5.41) is 12.5. The quantitative estimate of drug-likeness (QED) is 0.782. The molecule has 3 rings (SSSR count). The van der Waals surface area contributed by atoms with Crippen molar-refractivity contribution < 1.29 is 4.63 Å². The molecule has 2 heterocycles. The SMILES string of the molecule is Cc1nonc1Cn1ccc2c(CNC(C)C)cccc21. The average molecular weight is 284 g/mol. The standard InChI is InChI=1S/C16H20N4O/c1-11(2)17-9-13-5-4-6-16-14(13)7-8-20(16)10-15-12(3)18-21-19-15/h4-8,11,17H,9-10H2,1-3H3. The van der Waals surface area contributed by atoms with Crippen LogP contribution in [0.15, 0.2) is 35.1 Å². The Morgan fingerprint density at radius 3 is 2.81 bits per heavy atom. The molecule has 0 amide bonds. The third kappa shape index (κ3) is 2.83. The van der Waals surface area contributed by atoms with Crippen LogP contribution in [0.5, 0.6) is 0 Å². The van der Waals surface area contributed by atoms with Gasteiger partial charge in [-0.3, -0.25) is 0 Å². The third-order valence-corrected chi connectivity index (χ3v) is 3.67. The first-order valence-corrected chi connectivity index (χ1v) is 7.23. The number of nitrogens with zero attached hydrogens (tertiary/aromatic N) is 3. The van der Waals surface area contributed by atoms with E-state index in [9.17, 15) is 0 Å². The van der Waals surface area contributed by atoms with Gasteiger partial charge >= 0.3 is 0 Å². The highest BCUT2D eigenvalue weighted by molar-refractivity contribution is 5.83. The number of fused-ring (bicyclic) bond motifs is 1. The summed E-state index contributed by atoms with van der Waals surface area (Å²) in [5.74, 6) is 0. The second-order valence-corrected chi connectivity index (χ2v) is 5.63. The Bertz CT molecular complexity index is 742. The smallest absolute Gasteiger partial charge is 0.127 e. The molecule has 0 saturated heterocycles. The van der Waals surface area contributed by atoms with Crippen molar-refractivity contribution in [1.82, 2.24) is 20.2 Å². The van der Waals surface area contributed by atoms with Crippen molar-refractivity contribution >= 4 is 10.9 Å². The van der Waals surface area contributed by atoms with E-state index in [4.69, 9.17) is 4.63 Å². The number of hydrogen-bond acceptors (Lipinski definition) is 4. The van der Waals surface area contributed by atoms with E-state index in [1.54, 1.807) is 0 Å². The summed E-state index contributed by atoms with van der Waals surface area (Å²) in [4.78, 5) is 0. The fraction of sp³-hybridized carbons (Fsp3) is 0.375. The lowest BCUT2D eigenvalue weighted by Gasteiger charge is -2.10. The molecule has 0 fully saturated rings. The topological polar surface area (TPSA) is 55.9 Å². The number of rotatable bonds is 5. The zero-order valence-corrected chi connectivity index (χ0v) is 12.6. The molecule has 0 aliphatic heterocycles. The van der Waals surface area contributed by atoms with E-state index in [2.05, 4.69) is 64.5 Å². The molecule has 0 bridgehead atoms. The number of nitrogens with one attached hydrogen (secondary N) is 1. The van der Waals surface area contributed by atoms with Crippen LogP contribution < -0.4 is 5.32 Å². The summed E-state index contributed by atoms with van der Waals surface area (Å²) in [6, 6.07) is 9.05. The minimum Gasteiger partial charge on any atom is -0.341 e. The molecule has 0 saturated carbocycles. The van der Waals surface area contributed by atoms with Crippen LogP contribution in [0.2, 0.25) is 0 Å². The molecule has 0 aliphatic carbocycles. The molecular formula is C16H20N4O. The van der Waals surface area contributed by atoms with Gasteiger partial charge in [0.05, 0.1) is 6.54 Å². The highest BCUT2D eigenvalue weighted by Gasteiger charge is 2.10. The zero-order valence-electron chi connectivity index (χ0n) is 12.6. The van der Waals surface area contributed by atoms with Crippen molar-refractivity contribution in [3.8, 4) is 0 Å². The van der Waals surface area contributed by atoms with Gasteiger partial charge in [0.1, 0.15) is 11.4 Å². The Balaban J connectivity index is 1.91. The monoisotopic (exact) mass is 284 g/mol. The molecule has 0 spiro atoms. The molecule has 1 aromatic carbocycles. The molecule has 5 nitrogen and oxygen atoms in total. The molecule has 0 atom stereocenters. The van der Waals surface area contributed by atoms with Crippen molar-refractivity contribution in [1.29, 1.82) is 0 Å². The van der Waals surface area contributed by atoms with E-state index < -0.39 is 0 Å². The Labute approximate surface area is 123 Å². The first-order chi connectivity index (χ1) is 10.1. The van der Waals surface area contributed by atoms with Gasteiger partial charge < -0.3 is 9.88 Å². The van der Waals surface area contributed by atoms with Gasteiger partial charge in [-0.05, 0) is 24.6 Å². The number of hydrogen-bond donors (Lipinski definition) is 1. The van der Waals surface area contributed by atoms with E-state index in [0.29, 0.717) is 12.6 Å². The average Bonchev–Trinajstić information content (AvgIpc) is 3.05. The summed E-state index contributed by atoms with van der Waals surface area (Å²) < 4.78 is 6.95. The van der Waals surface area contributed by atoms with Gasteiger partial charge in [0.2, 0.25) is 0 Å². The lowest BCUT2D eigenvalue weighted by molar-refractivity contribution is 0.300. The van der Waals surface area contributed by atoms with Crippen molar-refractivity contribution in [2.75, 3.05) is 0 Å². The molecule has 2 aromatic heterocycles. The highest BCUT2D eigenvalue weighted by atomic mass is 16.6. The largest absolute Gasteiger partial charge is 0.341 e. The maximum atomic E-state index is 4.77. The first-order valence-electron chi connectivity index (χ1n) is 7.23. The molecule has 110 valence electrons. The molecule has 21 heavy (non-hydrogen) atoms. The van der Waals surface area contributed by atoms with Crippen LogP contribution in [-0.2, 0) is 13.1 Å². The predicted molar refractivity (Wildman–Crippen MR) is 82.1 cm³/mol. The van der Waals surface area contributed by atoms with Gasteiger partial charge in [-0.2, -0.15) is 0 Å². The number of aryl methyl sites for hydroxylation is 1. The molecule has 5 heteroatoms. The van der Waals surface area contributed by atoms with E-state index >= 15 is 0 Å². The van der Waals surface area contributed by atoms with Crippen LogP contribution in [-0.4, -0.2) is 20.9 Å². The van der Waals surface area contributed by atoms with E-state index in [0.717, 1.165) is 17.9 Å². The lowest BCUT2D eigenvalue weighted by atomic mass is 10.1. The second-order valence-electron chi connectivity index (χ2n) is 5.63. The summed E-state index contributed by atoms with van der Waals surface area (Å²) in [5.41, 5.74) is 4.24. The van der Waals surface area contributed by atoms with E-state index in [1.807, 2.05) is 6.92 Å². The van der Waals surface area contributed by atoms with Crippen LogP contribution in [0, 0.1) is 6.92 Å². The molecule has 0 radical (unpaired) electrons. The molecule has 0 unspecified atom stereocenters. The van der Waals surface area contributed by atoms with Crippen LogP contribution in [0.25, 0.3) is 10.9 Å². The van der Waals surface area contributed by atoms with Gasteiger partial charge in [-0.1, -0.05) is 36.3 Å². The van der Waals surface area contributed by atoms with Crippen LogP contribution in [0.3, 0.4) is 0 Å². The molecule has 1 N–H and O–H groups in total. The van der Waals surface area contributed by atoms with Crippen LogP contribution in [0.4, 0.5) is 0 Å². The molecular weight excluding hydrogens is 264 g/mol. The Hall–Kier alpha value is -2.14. The summed E-state index contributed by atoms with van der Waals surface area (Å²) in [6.07, 6.45) is 2.09. The fourth-order valence-electron chi connectivity index (χ4n) is 2.45. The highest BCUT2D eigenvalue weighted by Crippen LogP contribution is 2.21. The maximum absolute atomic E-state index is 4.77. The van der Waals surface area contributed by atoms with Crippen LogP contribution >= 0.6 is 0 Å².